The van der Waals surface area contributed by atoms with Crippen LogP contribution < -0.4 is 10.1 Å². The average Bonchev–Trinajstić information content (AvgIpc) is 3.42. The summed E-state index contributed by atoms with van der Waals surface area (Å²) in [6.45, 7) is 3.86. The van der Waals surface area contributed by atoms with Gasteiger partial charge in [0.25, 0.3) is 5.91 Å². The van der Waals surface area contributed by atoms with Crippen LogP contribution in [0.4, 0.5) is 4.39 Å². The molecule has 0 bridgehead atoms. The number of imidazole rings is 1. The number of aromatic amines is 1. The summed E-state index contributed by atoms with van der Waals surface area (Å²) in [5.74, 6) is -1.18. The third-order valence-corrected chi connectivity index (χ3v) is 8.41. The standard InChI is InChI=1S/C33H31ClFN3O4/c1-4-8-25(21-15-14-20(35)18-28(21)42-3)38-31(39)19-13-16-23(22(17-19)32(40)41)33(2)24(9-7-12-29(33)34)30-36-26-10-5-6-11-27(26)37-30/h5-7,9-18,25,29H,4,8H2,1-3H3,(H,36,37)(H,38,39)(H,40,41)/t25?,29-,33?/m0/s1. The van der Waals surface area contributed by atoms with Crippen LogP contribution in [-0.2, 0) is 5.41 Å². The molecule has 9 heteroatoms. The predicted octanol–water partition coefficient (Wildman–Crippen LogP) is 7.20. The number of hydrogen-bond donors (Lipinski definition) is 3. The van der Waals surface area contributed by atoms with Gasteiger partial charge >= 0.3 is 5.97 Å². The maximum absolute atomic E-state index is 13.8. The maximum atomic E-state index is 13.8. The van der Waals surface area contributed by atoms with Gasteiger partial charge in [-0.15, -0.1) is 11.6 Å². The minimum atomic E-state index is -1.19. The van der Waals surface area contributed by atoms with Gasteiger partial charge < -0.3 is 20.1 Å². The van der Waals surface area contributed by atoms with Crippen molar-refractivity contribution < 1.29 is 23.8 Å². The summed E-state index contributed by atoms with van der Waals surface area (Å²) < 4.78 is 19.2. The summed E-state index contributed by atoms with van der Waals surface area (Å²) in [6, 6.07) is 16.0. The summed E-state index contributed by atoms with van der Waals surface area (Å²) >= 11 is 6.91. The van der Waals surface area contributed by atoms with Gasteiger partial charge in [0, 0.05) is 28.2 Å². The lowest BCUT2D eigenvalue weighted by atomic mass is 9.69. The molecular weight excluding hydrogens is 557 g/mol. The number of carboxylic acids is 1. The number of alkyl halides is 1. The van der Waals surface area contributed by atoms with Gasteiger partial charge in [-0.3, -0.25) is 4.79 Å². The Labute approximate surface area is 248 Å². The Morgan fingerprint density at radius 3 is 2.69 bits per heavy atom. The van der Waals surface area contributed by atoms with Crippen LogP contribution in [0.25, 0.3) is 16.6 Å². The second-order valence-electron chi connectivity index (χ2n) is 10.4. The SMILES string of the molecule is CCCC(NC(=O)c1ccc(C2(C)C(c3nc4ccccc4[nH]3)=CC=C[C@@H]2Cl)c(C(=O)O)c1)c1ccc(F)cc1OC. The number of carbonyl (C=O) groups is 2. The zero-order valence-electron chi connectivity index (χ0n) is 23.4. The number of allylic oxidation sites excluding steroid dienone is 4. The van der Waals surface area contributed by atoms with Crippen LogP contribution in [0, 0.1) is 5.82 Å². The van der Waals surface area contributed by atoms with Gasteiger partial charge in [-0.2, -0.15) is 0 Å². The first-order valence-corrected chi connectivity index (χ1v) is 14.1. The number of rotatable bonds is 9. The highest BCUT2D eigenvalue weighted by molar-refractivity contribution is 6.24. The molecule has 0 fully saturated rings. The summed E-state index contributed by atoms with van der Waals surface area (Å²) in [6.07, 6.45) is 6.84. The zero-order chi connectivity index (χ0) is 30.0. The Bertz CT molecular complexity index is 1700. The molecule has 0 saturated carbocycles. The van der Waals surface area contributed by atoms with Crippen molar-refractivity contribution in [3.05, 3.63) is 113 Å². The third kappa shape index (κ3) is 5.30. The van der Waals surface area contributed by atoms with Crippen molar-refractivity contribution in [2.45, 2.75) is 43.5 Å². The zero-order valence-corrected chi connectivity index (χ0v) is 24.2. The molecule has 1 aliphatic rings. The summed E-state index contributed by atoms with van der Waals surface area (Å²) in [7, 11) is 1.44. The van der Waals surface area contributed by atoms with Gasteiger partial charge in [-0.25, -0.2) is 14.2 Å². The third-order valence-electron chi connectivity index (χ3n) is 7.82. The lowest BCUT2D eigenvalue weighted by Gasteiger charge is -2.38. The maximum Gasteiger partial charge on any atom is 0.336 e. The largest absolute Gasteiger partial charge is 0.496 e. The minimum absolute atomic E-state index is 0.0421. The fraction of sp³-hybridized carbons (Fsp3) is 0.242. The fourth-order valence-electron chi connectivity index (χ4n) is 5.59. The second-order valence-corrected chi connectivity index (χ2v) is 10.9. The Hall–Kier alpha value is -4.43. The number of fused-ring (bicyclic) bond motifs is 1. The van der Waals surface area contributed by atoms with E-state index in [1.807, 2.05) is 56.3 Å². The Morgan fingerprint density at radius 1 is 1.19 bits per heavy atom. The van der Waals surface area contributed by atoms with E-state index in [2.05, 4.69) is 10.3 Å². The number of H-pyrrole nitrogens is 1. The molecule has 1 heterocycles. The molecular formula is C33H31ClFN3O4. The monoisotopic (exact) mass is 587 g/mol. The number of nitrogens with zero attached hydrogens (tertiary/aromatic N) is 1. The molecule has 3 N–H and O–H groups in total. The second kappa shape index (κ2) is 11.8. The Kier molecular flexibility index (Phi) is 8.18. The number of aromatic nitrogens is 2. The number of carboxylic acid groups (broad SMARTS) is 1. The number of methoxy groups -OCH3 is 1. The van der Waals surface area contributed by atoms with Crippen LogP contribution in [0.5, 0.6) is 5.75 Å². The van der Waals surface area contributed by atoms with E-state index in [-0.39, 0.29) is 11.1 Å². The van der Waals surface area contributed by atoms with Gasteiger partial charge in [0.05, 0.1) is 35.1 Å². The van der Waals surface area contributed by atoms with E-state index < -0.39 is 34.5 Å². The molecule has 1 aliphatic carbocycles. The summed E-state index contributed by atoms with van der Waals surface area (Å²) in [5.41, 5.74) is 2.59. The van der Waals surface area contributed by atoms with Gasteiger partial charge in [-0.1, -0.05) is 55.8 Å². The molecule has 3 aromatic carbocycles. The molecule has 0 saturated heterocycles. The van der Waals surface area contributed by atoms with Crippen molar-refractivity contribution in [1.29, 1.82) is 0 Å². The van der Waals surface area contributed by atoms with Crippen molar-refractivity contribution in [2.24, 2.45) is 0 Å². The van der Waals surface area contributed by atoms with Crippen LogP contribution in [0.3, 0.4) is 0 Å². The van der Waals surface area contributed by atoms with Gasteiger partial charge in [0.2, 0.25) is 0 Å². The van der Waals surface area contributed by atoms with Gasteiger partial charge in [-0.05, 0) is 49.2 Å². The van der Waals surface area contributed by atoms with Crippen LogP contribution >= 0.6 is 11.6 Å². The number of halogens is 2. The van der Waals surface area contributed by atoms with Crippen LogP contribution in [0.2, 0.25) is 0 Å². The molecule has 0 spiro atoms. The van der Waals surface area contributed by atoms with E-state index in [1.54, 1.807) is 18.2 Å². The molecule has 2 unspecified atom stereocenters. The smallest absolute Gasteiger partial charge is 0.336 e. The number of para-hydroxylation sites is 2. The molecule has 3 atom stereocenters. The van der Waals surface area contributed by atoms with Crippen LogP contribution in [0.1, 0.15) is 70.4 Å². The molecule has 42 heavy (non-hydrogen) atoms. The van der Waals surface area contributed by atoms with Gasteiger partial charge in [0.1, 0.15) is 17.4 Å². The highest BCUT2D eigenvalue weighted by atomic mass is 35.5. The first kappa shape index (κ1) is 29.1. The molecule has 0 radical (unpaired) electrons. The lowest BCUT2D eigenvalue weighted by Crippen LogP contribution is -2.37. The molecule has 5 rings (SSSR count). The predicted molar refractivity (Wildman–Crippen MR) is 162 cm³/mol. The highest BCUT2D eigenvalue weighted by Gasteiger charge is 2.43. The highest BCUT2D eigenvalue weighted by Crippen LogP contribution is 2.47. The van der Waals surface area contributed by atoms with Crippen molar-refractivity contribution in [3.8, 4) is 5.75 Å². The molecule has 1 amide bonds. The Balaban J connectivity index is 1.53. The molecule has 0 aliphatic heterocycles. The summed E-state index contributed by atoms with van der Waals surface area (Å²) in [5, 5.41) is 12.7. The van der Waals surface area contributed by atoms with E-state index in [1.165, 1.54) is 25.3 Å². The number of ether oxygens (including phenoxy) is 1. The van der Waals surface area contributed by atoms with Crippen molar-refractivity contribution in [3.63, 3.8) is 0 Å². The molecule has 216 valence electrons. The quantitative estimate of drug-likeness (QED) is 0.180. The topological polar surface area (TPSA) is 104 Å². The summed E-state index contributed by atoms with van der Waals surface area (Å²) in [4.78, 5) is 34.2. The van der Waals surface area contributed by atoms with Crippen LogP contribution in [-0.4, -0.2) is 39.4 Å². The number of aromatic carboxylic acids is 1. The first-order chi connectivity index (χ1) is 20.2. The lowest BCUT2D eigenvalue weighted by molar-refractivity contribution is 0.0694. The number of benzene rings is 3. The number of amides is 1. The van der Waals surface area contributed by atoms with E-state index >= 15 is 0 Å². The number of carbonyl (C=O) groups excluding carboxylic acids is 1. The van der Waals surface area contributed by atoms with Crippen LogP contribution in [0.15, 0.2) is 78.9 Å². The molecule has 7 nitrogen and oxygen atoms in total. The van der Waals surface area contributed by atoms with E-state index in [4.69, 9.17) is 21.3 Å². The van der Waals surface area contributed by atoms with Crippen molar-refractivity contribution >= 4 is 40.1 Å². The van der Waals surface area contributed by atoms with Crippen molar-refractivity contribution in [2.75, 3.05) is 7.11 Å². The van der Waals surface area contributed by atoms with E-state index in [0.717, 1.165) is 23.0 Å². The first-order valence-electron chi connectivity index (χ1n) is 13.7. The molecule has 4 aromatic rings. The van der Waals surface area contributed by atoms with Crippen molar-refractivity contribution in [1.82, 2.24) is 15.3 Å². The molecule has 1 aromatic heterocycles. The van der Waals surface area contributed by atoms with Gasteiger partial charge in [0.15, 0.2) is 0 Å². The average molecular weight is 588 g/mol. The normalized spacial score (nSPS) is 18.9. The van der Waals surface area contributed by atoms with E-state index in [9.17, 15) is 19.1 Å². The Morgan fingerprint density at radius 2 is 1.98 bits per heavy atom. The fourth-order valence-corrected chi connectivity index (χ4v) is 5.91. The van der Waals surface area contributed by atoms with E-state index in [0.29, 0.717) is 29.1 Å². The number of nitrogens with one attached hydrogen (secondary N) is 2. The minimum Gasteiger partial charge on any atom is -0.496 e. The number of hydrogen-bond acceptors (Lipinski definition) is 4.